The number of hydrogen-bond acceptors (Lipinski definition) is 5. The van der Waals surface area contributed by atoms with Gasteiger partial charge in [0.15, 0.2) is 5.82 Å². The van der Waals surface area contributed by atoms with Crippen molar-refractivity contribution in [1.29, 1.82) is 5.41 Å². The van der Waals surface area contributed by atoms with Crippen LogP contribution in [0.4, 0.5) is 10.1 Å². The summed E-state index contributed by atoms with van der Waals surface area (Å²) in [6, 6.07) is 15.6. The Morgan fingerprint density at radius 3 is 2.61 bits per heavy atom. The van der Waals surface area contributed by atoms with Gasteiger partial charge in [0.25, 0.3) is 5.56 Å². The normalized spacial score (nSPS) is 11.8. The van der Waals surface area contributed by atoms with Crippen LogP contribution in [-0.4, -0.2) is 25.8 Å². The molecule has 0 aliphatic carbocycles. The molecule has 0 fully saturated rings. The number of aromatic amines is 1. The Morgan fingerprint density at radius 1 is 1.13 bits per heavy atom. The third-order valence-electron chi connectivity index (χ3n) is 4.72. The van der Waals surface area contributed by atoms with Crippen LogP contribution < -0.4 is 16.3 Å². The Balaban J connectivity index is 1.71. The fourth-order valence-electron chi connectivity index (χ4n) is 3.23. The predicted molar refractivity (Wildman–Crippen MR) is 116 cm³/mol. The van der Waals surface area contributed by atoms with Gasteiger partial charge in [-0.25, -0.2) is 13.8 Å². The summed E-state index contributed by atoms with van der Waals surface area (Å²) in [6.07, 6.45) is 4.28. The van der Waals surface area contributed by atoms with Crippen molar-refractivity contribution in [2.45, 2.75) is 12.5 Å². The highest BCUT2D eigenvalue weighted by atomic mass is 19.1. The lowest BCUT2D eigenvalue weighted by atomic mass is 10.1. The van der Waals surface area contributed by atoms with Crippen molar-refractivity contribution in [2.24, 2.45) is 0 Å². The molecule has 31 heavy (non-hydrogen) atoms. The number of H-pyrrole nitrogens is 1. The van der Waals surface area contributed by atoms with Crippen LogP contribution in [0.5, 0.6) is 0 Å². The molecule has 2 heterocycles. The maximum atomic E-state index is 14.9. The monoisotopic (exact) mass is 418 g/mol. The Labute approximate surface area is 176 Å². The lowest BCUT2D eigenvalue weighted by Gasteiger charge is -2.18. The van der Waals surface area contributed by atoms with Crippen molar-refractivity contribution < 1.29 is 4.39 Å². The van der Waals surface area contributed by atoms with Gasteiger partial charge in [-0.1, -0.05) is 18.2 Å². The van der Waals surface area contributed by atoms with Crippen molar-refractivity contribution in [2.75, 3.05) is 5.32 Å². The summed E-state index contributed by atoms with van der Waals surface area (Å²) in [7, 11) is 0. The number of nitrogens with one attached hydrogen (secondary N) is 3. The molecule has 8 nitrogen and oxygen atoms in total. The van der Waals surface area contributed by atoms with Crippen LogP contribution in [0.15, 0.2) is 82.6 Å². The standard InChI is InChI=1S/C22H19FN6O2/c23-17-14-16(29-21(31)9-12-25-29)6-7-19(17)28-13-10-20(30)22(27-28)18(8-11-24)26-15-4-2-1-3-5-15/h1-7,9-14,18,24-26H,8H2. The van der Waals surface area contributed by atoms with Crippen LogP contribution in [0.1, 0.15) is 18.2 Å². The topological polar surface area (TPSA) is 109 Å². The Morgan fingerprint density at radius 2 is 1.94 bits per heavy atom. The molecule has 3 N–H and O–H groups in total. The summed E-state index contributed by atoms with van der Waals surface area (Å²) in [4.78, 5) is 24.3. The van der Waals surface area contributed by atoms with Crippen LogP contribution in [0, 0.1) is 11.2 Å². The van der Waals surface area contributed by atoms with E-state index in [4.69, 9.17) is 5.41 Å². The molecule has 4 aromatic rings. The predicted octanol–water partition coefficient (Wildman–Crippen LogP) is 3.04. The zero-order valence-electron chi connectivity index (χ0n) is 16.3. The van der Waals surface area contributed by atoms with Crippen LogP contribution in [0.25, 0.3) is 11.4 Å². The molecule has 0 saturated heterocycles. The maximum absolute atomic E-state index is 14.9. The zero-order chi connectivity index (χ0) is 21.8. The number of anilines is 1. The Bertz CT molecular complexity index is 1330. The van der Waals surface area contributed by atoms with Gasteiger partial charge in [0, 0.05) is 42.7 Å². The van der Waals surface area contributed by atoms with E-state index in [0.29, 0.717) is 5.69 Å². The minimum Gasteiger partial charge on any atom is -0.376 e. The summed E-state index contributed by atoms with van der Waals surface area (Å²) in [5.74, 6) is -0.610. The lowest BCUT2D eigenvalue weighted by Crippen LogP contribution is -2.24. The molecule has 9 heteroatoms. The van der Waals surface area contributed by atoms with Gasteiger partial charge < -0.3 is 10.7 Å². The van der Waals surface area contributed by atoms with Crippen molar-refractivity contribution in [3.63, 3.8) is 0 Å². The minimum atomic E-state index is -0.610. The SMILES string of the molecule is N=CCC(Nc1ccccc1)c1nn(-c2ccc(-n3[nH]ccc3=O)cc2F)ccc1=O. The van der Waals surface area contributed by atoms with E-state index in [2.05, 4.69) is 15.5 Å². The Hall–Kier alpha value is -4.27. The van der Waals surface area contributed by atoms with E-state index in [-0.39, 0.29) is 28.8 Å². The zero-order valence-corrected chi connectivity index (χ0v) is 16.3. The van der Waals surface area contributed by atoms with Gasteiger partial charge in [-0.05, 0) is 30.5 Å². The van der Waals surface area contributed by atoms with Gasteiger partial charge in [-0.15, -0.1) is 0 Å². The second-order valence-electron chi connectivity index (χ2n) is 6.78. The average Bonchev–Trinajstić information content (AvgIpc) is 3.20. The fraction of sp³-hybridized carbons (Fsp3) is 0.0909. The number of nitrogens with zero attached hydrogens (tertiary/aromatic N) is 3. The van der Waals surface area contributed by atoms with Crippen molar-refractivity contribution in [3.05, 3.63) is 105 Å². The third kappa shape index (κ3) is 4.20. The van der Waals surface area contributed by atoms with Gasteiger partial charge in [-0.2, -0.15) is 5.10 Å². The molecule has 0 radical (unpaired) electrons. The first-order valence-electron chi connectivity index (χ1n) is 9.54. The van der Waals surface area contributed by atoms with Gasteiger partial charge in [0.2, 0.25) is 5.43 Å². The van der Waals surface area contributed by atoms with Crippen molar-refractivity contribution in [3.8, 4) is 11.4 Å². The largest absolute Gasteiger partial charge is 0.376 e. The minimum absolute atomic E-state index is 0.123. The second-order valence-corrected chi connectivity index (χ2v) is 6.78. The van der Waals surface area contributed by atoms with Crippen LogP contribution in [0.3, 0.4) is 0 Å². The second kappa shape index (κ2) is 8.62. The van der Waals surface area contributed by atoms with E-state index in [9.17, 15) is 14.0 Å². The first-order valence-corrected chi connectivity index (χ1v) is 9.54. The van der Waals surface area contributed by atoms with Gasteiger partial charge >= 0.3 is 0 Å². The quantitative estimate of drug-likeness (QED) is 0.401. The smallest absolute Gasteiger partial charge is 0.271 e. The molecule has 1 unspecified atom stereocenters. The van der Waals surface area contributed by atoms with E-state index in [1.54, 1.807) is 6.07 Å². The molecule has 156 valence electrons. The third-order valence-corrected chi connectivity index (χ3v) is 4.72. The molecule has 0 spiro atoms. The van der Waals surface area contributed by atoms with Gasteiger partial charge in [0.1, 0.15) is 11.4 Å². The fourth-order valence-corrected chi connectivity index (χ4v) is 3.23. The molecule has 0 saturated carbocycles. The molecule has 2 aromatic heterocycles. The summed E-state index contributed by atoms with van der Waals surface area (Å²) in [5.41, 5.74) is 0.776. The summed E-state index contributed by atoms with van der Waals surface area (Å²) < 4.78 is 17.4. The van der Waals surface area contributed by atoms with Crippen molar-refractivity contribution >= 4 is 11.9 Å². The lowest BCUT2D eigenvalue weighted by molar-refractivity contribution is 0.600. The van der Waals surface area contributed by atoms with Crippen molar-refractivity contribution in [1.82, 2.24) is 19.6 Å². The number of para-hydroxylation sites is 1. The highest BCUT2D eigenvalue weighted by Gasteiger charge is 2.18. The number of hydrogen-bond donors (Lipinski definition) is 3. The summed E-state index contributed by atoms with van der Waals surface area (Å²) in [5, 5.41) is 17.8. The van der Waals surface area contributed by atoms with Crippen LogP contribution >= 0.6 is 0 Å². The molecular weight excluding hydrogens is 399 g/mol. The highest BCUT2D eigenvalue weighted by Crippen LogP contribution is 2.20. The molecular formula is C22H19FN6O2. The summed E-state index contributed by atoms with van der Waals surface area (Å²) in [6.45, 7) is 0. The molecule has 0 amide bonds. The van der Waals surface area contributed by atoms with E-state index in [0.717, 1.165) is 5.69 Å². The van der Waals surface area contributed by atoms with Crippen LogP contribution in [0.2, 0.25) is 0 Å². The molecule has 0 bridgehead atoms. The molecule has 4 rings (SSSR count). The van der Waals surface area contributed by atoms with E-state index >= 15 is 0 Å². The highest BCUT2D eigenvalue weighted by molar-refractivity contribution is 5.57. The number of halogens is 1. The van der Waals surface area contributed by atoms with E-state index < -0.39 is 11.9 Å². The molecule has 0 aliphatic heterocycles. The van der Waals surface area contributed by atoms with Crippen LogP contribution in [-0.2, 0) is 0 Å². The number of rotatable bonds is 7. The Kier molecular flexibility index (Phi) is 5.57. The maximum Gasteiger partial charge on any atom is 0.271 e. The first kappa shape index (κ1) is 20.0. The van der Waals surface area contributed by atoms with Gasteiger partial charge in [-0.3, -0.25) is 14.7 Å². The molecule has 1 atom stereocenters. The number of benzene rings is 2. The first-order chi connectivity index (χ1) is 15.1. The summed E-state index contributed by atoms with van der Waals surface area (Å²) >= 11 is 0. The number of aromatic nitrogens is 4. The molecule has 2 aromatic carbocycles. The molecule has 0 aliphatic rings. The average molecular weight is 418 g/mol. The van der Waals surface area contributed by atoms with E-state index in [1.807, 2.05) is 30.3 Å². The van der Waals surface area contributed by atoms with Gasteiger partial charge in [0.05, 0.1) is 11.7 Å². The van der Waals surface area contributed by atoms with E-state index in [1.165, 1.54) is 52.2 Å².